The number of hydrogen-bond donors (Lipinski definition) is 1. The molecule has 0 aromatic rings. The van der Waals surface area contributed by atoms with Crippen LogP contribution in [0.3, 0.4) is 0 Å². The topological polar surface area (TPSA) is 81.7 Å². The summed E-state index contributed by atoms with van der Waals surface area (Å²) in [5.41, 5.74) is -0.217. The molecule has 0 aromatic carbocycles. The Balaban J connectivity index is 1.31. The predicted molar refractivity (Wildman–Crippen MR) is 166 cm³/mol. The van der Waals surface area contributed by atoms with Crippen LogP contribution in [0.4, 0.5) is 0 Å². The lowest BCUT2D eigenvalue weighted by Gasteiger charge is -2.61. The molecule has 4 fully saturated rings. The van der Waals surface area contributed by atoms with Crippen molar-refractivity contribution in [1.82, 2.24) is 5.32 Å². The van der Waals surface area contributed by atoms with Gasteiger partial charge in [-0.05, 0) is 152 Å². The van der Waals surface area contributed by atoms with E-state index >= 15 is 0 Å². The highest BCUT2D eigenvalue weighted by molar-refractivity contribution is 5.82. The van der Waals surface area contributed by atoms with Gasteiger partial charge in [-0.25, -0.2) is 0 Å². The highest BCUT2D eigenvalue weighted by Crippen LogP contribution is 2.68. The van der Waals surface area contributed by atoms with E-state index in [-0.39, 0.29) is 30.5 Å². The Hall–Kier alpha value is -1.59. The Morgan fingerprint density at radius 3 is 2.24 bits per heavy atom. The van der Waals surface area contributed by atoms with E-state index in [0.29, 0.717) is 35.0 Å². The van der Waals surface area contributed by atoms with E-state index in [1.165, 1.54) is 44.9 Å². The second-order valence-corrected chi connectivity index (χ2v) is 16.8. The van der Waals surface area contributed by atoms with Gasteiger partial charge in [0.2, 0.25) is 5.91 Å². The molecule has 4 saturated carbocycles. The van der Waals surface area contributed by atoms with Crippen molar-refractivity contribution in [3.63, 3.8) is 0 Å². The fourth-order valence-electron chi connectivity index (χ4n) is 9.95. The molecular formula is C36H61NO5. The number of carbonyl (C=O) groups excluding carboxylic acids is 3. The third-order valence-corrected chi connectivity index (χ3v) is 12.8. The minimum atomic E-state index is -0.541. The summed E-state index contributed by atoms with van der Waals surface area (Å²) in [6.07, 6.45) is 13.3. The van der Waals surface area contributed by atoms with Crippen molar-refractivity contribution in [3.8, 4) is 0 Å². The SMILES string of the molecule is CCC(C)(C)C(=O)OC1CC[C@@]2(C)C(CCC3C4CCC(C(C)CCC(=O)NCC(=O)OC(C)(C)C)[C@@]4(C)CCC32)C1. The first kappa shape index (κ1) is 33.3. The summed E-state index contributed by atoms with van der Waals surface area (Å²) in [4.78, 5) is 37.3. The molecule has 0 heterocycles. The van der Waals surface area contributed by atoms with Crippen LogP contribution < -0.4 is 5.32 Å². The zero-order valence-corrected chi connectivity index (χ0v) is 28.3. The molecule has 4 aliphatic rings. The number of fused-ring (bicyclic) bond motifs is 5. The quantitative estimate of drug-likeness (QED) is 0.278. The van der Waals surface area contributed by atoms with Crippen molar-refractivity contribution in [2.24, 2.45) is 51.8 Å². The summed E-state index contributed by atoms with van der Waals surface area (Å²) in [7, 11) is 0. The lowest BCUT2D eigenvalue weighted by Crippen LogP contribution is -2.54. The van der Waals surface area contributed by atoms with E-state index in [0.717, 1.165) is 43.4 Å². The summed E-state index contributed by atoms with van der Waals surface area (Å²) < 4.78 is 11.4. The van der Waals surface area contributed by atoms with Gasteiger partial charge in [-0.2, -0.15) is 0 Å². The smallest absolute Gasteiger partial charge is 0.325 e. The van der Waals surface area contributed by atoms with Gasteiger partial charge < -0.3 is 14.8 Å². The number of carbonyl (C=O) groups is 3. The highest BCUT2D eigenvalue weighted by atomic mass is 16.6. The van der Waals surface area contributed by atoms with E-state index in [9.17, 15) is 14.4 Å². The van der Waals surface area contributed by atoms with Crippen LogP contribution in [0, 0.1) is 51.8 Å². The highest BCUT2D eigenvalue weighted by Gasteiger charge is 2.60. The van der Waals surface area contributed by atoms with Crippen molar-refractivity contribution in [2.45, 2.75) is 151 Å². The maximum atomic E-state index is 12.8. The van der Waals surface area contributed by atoms with Crippen molar-refractivity contribution < 1.29 is 23.9 Å². The van der Waals surface area contributed by atoms with Crippen LogP contribution in [0.15, 0.2) is 0 Å². The molecule has 9 atom stereocenters. The normalized spacial score (nSPS) is 37.1. The van der Waals surface area contributed by atoms with Crippen molar-refractivity contribution in [1.29, 1.82) is 0 Å². The van der Waals surface area contributed by atoms with Crippen molar-refractivity contribution in [2.75, 3.05) is 6.54 Å². The number of ether oxygens (including phenoxy) is 2. The average molecular weight is 588 g/mol. The molecule has 0 spiro atoms. The molecule has 0 radical (unpaired) electrons. The summed E-state index contributed by atoms with van der Waals surface area (Å²) >= 11 is 0. The maximum Gasteiger partial charge on any atom is 0.325 e. The molecule has 0 bridgehead atoms. The number of esters is 2. The standard InChI is InChI=1S/C36H61NO5/c1-10-34(6,7)32(40)41-25-17-19-35(8)24(21-25)12-13-26-28-15-14-27(36(28,9)20-18-29(26)35)23(2)11-16-30(38)37-22-31(39)42-33(3,4)5/h23-29H,10-22H2,1-9H3,(H,37,38)/t23?,24?,25?,26?,27?,28?,29?,35-,36+/m0/s1. The van der Waals surface area contributed by atoms with Crippen LogP contribution in [-0.2, 0) is 23.9 Å². The fraction of sp³-hybridized carbons (Fsp3) is 0.917. The van der Waals surface area contributed by atoms with Crippen molar-refractivity contribution in [3.05, 3.63) is 0 Å². The van der Waals surface area contributed by atoms with E-state index < -0.39 is 11.0 Å². The molecule has 1 N–H and O–H groups in total. The van der Waals surface area contributed by atoms with Gasteiger partial charge in [0.1, 0.15) is 18.2 Å². The number of hydrogen-bond acceptors (Lipinski definition) is 5. The molecule has 1 amide bonds. The van der Waals surface area contributed by atoms with Crippen LogP contribution in [-0.4, -0.2) is 36.1 Å². The Labute approximate surface area is 256 Å². The molecule has 0 saturated heterocycles. The molecule has 4 aliphatic carbocycles. The lowest BCUT2D eigenvalue weighted by molar-refractivity contribution is -0.171. The van der Waals surface area contributed by atoms with Gasteiger partial charge in [0.25, 0.3) is 0 Å². The fourth-order valence-corrected chi connectivity index (χ4v) is 9.95. The number of nitrogens with one attached hydrogen (secondary N) is 1. The summed E-state index contributed by atoms with van der Waals surface area (Å²) in [6.45, 7) is 19.0. The largest absolute Gasteiger partial charge is 0.462 e. The third kappa shape index (κ3) is 6.88. The third-order valence-electron chi connectivity index (χ3n) is 12.8. The molecule has 6 nitrogen and oxygen atoms in total. The molecule has 0 aliphatic heterocycles. The zero-order valence-electron chi connectivity index (χ0n) is 28.3. The molecule has 7 unspecified atom stereocenters. The van der Waals surface area contributed by atoms with Gasteiger partial charge >= 0.3 is 11.9 Å². The summed E-state index contributed by atoms with van der Waals surface area (Å²) in [5, 5.41) is 2.77. The molecular weight excluding hydrogens is 526 g/mol. The second kappa shape index (κ2) is 12.4. The minimum absolute atomic E-state index is 0.0210. The maximum absolute atomic E-state index is 12.8. The van der Waals surface area contributed by atoms with Gasteiger partial charge in [0, 0.05) is 6.42 Å². The molecule has 4 rings (SSSR count). The van der Waals surface area contributed by atoms with Crippen molar-refractivity contribution >= 4 is 17.8 Å². The first-order valence-corrected chi connectivity index (χ1v) is 17.2. The molecule has 42 heavy (non-hydrogen) atoms. The van der Waals surface area contributed by atoms with E-state index in [4.69, 9.17) is 9.47 Å². The number of rotatable bonds is 9. The van der Waals surface area contributed by atoms with E-state index in [2.05, 4.69) is 33.0 Å². The first-order chi connectivity index (χ1) is 19.5. The van der Waals surface area contributed by atoms with Crippen LogP contribution in [0.25, 0.3) is 0 Å². The van der Waals surface area contributed by atoms with Gasteiger partial charge in [-0.1, -0.05) is 27.7 Å². The number of amides is 1. The molecule has 240 valence electrons. The van der Waals surface area contributed by atoms with E-state index in [1.54, 1.807) is 0 Å². The Morgan fingerprint density at radius 2 is 1.57 bits per heavy atom. The van der Waals surface area contributed by atoms with Crippen LogP contribution in [0.2, 0.25) is 0 Å². The van der Waals surface area contributed by atoms with Gasteiger partial charge in [-0.3, -0.25) is 14.4 Å². The lowest BCUT2D eigenvalue weighted by atomic mass is 9.44. The van der Waals surface area contributed by atoms with Gasteiger partial charge in [0.05, 0.1) is 5.41 Å². The molecule has 0 aromatic heterocycles. The Morgan fingerprint density at radius 1 is 0.905 bits per heavy atom. The Kier molecular flexibility index (Phi) is 9.85. The van der Waals surface area contributed by atoms with Gasteiger partial charge in [-0.15, -0.1) is 0 Å². The predicted octanol–water partition coefficient (Wildman–Crippen LogP) is 7.87. The minimum Gasteiger partial charge on any atom is -0.462 e. The molecule has 6 heteroatoms. The second-order valence-electron chi connectivity index (χ2n) is 16.8. The first-order valence-electron chi connectivity index (χ1n) is 17.2. The Bertz CT molecular complexity index is 999. The van der Waals surface area contributed by atoms with E-state index in [1.807, 2.05) is 34.6 Å². The average Bonchev–Trinajstić information content (AvgIpc) is 3.27. The summed E-state index contributed by atoms with van der Waals surface area (Å²) in [5.74, 6) is 3.72. The van der Waals surface area contributed by atoms with Crippen LogP contribution >= 0.6 is 0 Å². The van der Waals surface area contributed by atoms with Gasteiger partial charge in [0.15, 0.2) is 0 Å². The summed E-state index contributed by atoms with van der Waals surface area (Å²) in [6, 6.07) is 0. The van der Waals surface area contributed by atoms with Crippen LogP contribution in [0.5, 0.6) is 0 Å². The zero-order chi connectivity index (χ0) is 31.1. The monoisotopic (exact) mass is 587 g/mol. The van der Waals surface area contributed by atoms with Crippen LogP contribution in [0.1, 0.15) is 139 Å².